The lowest BCUT2D eigenvalue weighted by atomic mass is 10.2. The molecule has 0 aromatic carbocycles. The third kappa shape index (κ3) is 4.93. The summed E-state index contributed by atoms with van der Waals surface area (Å²) in [6, 6.07) is 1.99. The highest BCUT2D eigenvalue weighted by Gasteiger charge is 2.31. The Bertz CT molecular complexity index is 705. The van der Waals surface area contributed by atoms with Crippen LogP contribution < -0.4 is 5.32 Å². The molecule has 7 nitrogen and oxygen atoms in total. The molecule has 2 heterocycles. The van der Waals surface area contributed by atoms with Crippen molar-refractivity contribution in [1.29, 1.82) is 0 Å². The number of nitrogens with one attached hydrogen (secondary N) is 1. The third-order valence-electron chi connectivity index (χ3n) is 2.57. The summed E-state index contributed by atoms with van der Waals surface area (Å²) in [7, 11) is 0. The largest absolute Gasteiger partial charge is 0.444 e. The summed E-state index contributed by atoms with van der Waals surface area (Å²) in [6.07, 6.45) is -4.44. The fourth-order valence-corrected chi connectivity index (χ4v) is 1.58. The second-order valence-corrected chi connectivity index (χ2v) is 5.80. The van der Waals surface area contributed by atoms with Crippen LogP contribution in [-0.4, -0.2) is 26.8 Å². The average molecular weight is 344 g/mol. The smallest absolute Gasteiger partial charge is 0.417 e. The predicted molar refractivity (Wildman–Crippen MR) is 75.6 cm³/mol. The number of rotatable bonds is 3. The third-order valence-corrected chi connectivity index (χ3v) is 2.57. The molecule has 2 aromatic heterocycles. The van der Waals surface area contributed by atoms with Gasteiger partial charge in [0.15, 0.2) is 5.82 Å². The Labute approximate surface area is 135 Å². The summed E-state index contributed by atoms with van der Waals surface area (Å²) in [5, 5.41) is 6.05. The number of carbonyl (C=O) groups is 1. The zero-order chi connectivity index (χ0) is 18.0. The van der Waals surface area contributed by atoms with Crippen molar-refractivity contribution in [2.75, 3.05) is 0 Å². The Morgan fingerprint density at radius 1 is 1.29 bits per heavy atom. The number of halogens is 3. The number of alkyl carbamates (subject to hydrolysis) is 1. The standard InChI is InChI=1S/C14H15F3N4O3/c1-13(2,3)23-12(22)19-7-10-20-11(24-21-10)9-5-4-8(6-18-9)14(15,16)17/h4-6H,7H2,1-3H3,(H,19,22). The Morgan fingerprint density at radius 2 is 2.00 bits per heavy atom. The van der Waals surface area contributed by atoms with Crippen LogP contribution in [0.4, 0.5) is 18.0 Å². The number of ether oxygens (including phenoxy) is 1. The first-order valence-corrected chi connectivity index (χ1v) is 6.88. The number of alkyl halides is 3. The molecule has 2 rings (SSSR count). The van der Waals surface area contributed by atoms with Crippen molar-refractivity contribution in [3.8, 4) is 11.6 Å². The number of carbonyl (C=O) groups excluding carboxylic acids is 1. The molecule has 0 fully saturated rings. The molecule has 0 bridgehead atoms. The molecule has 0 aliphatic rings. The molecule has 0 aliphatic heterocycles. The normalized spacial score (nSPS) is 12.1. The van der Waals surface area contributed by atoms with E-state index in [2.05, 4.69) is 20.4 Å². The summed E-state index contributed by atoms with van der Waals surface area (Å²) in [4.78, 5) is 19.1. The minimum atomic E-state index is -4.47. The van der Waals surface area contributed by atoms with Gasteiger partial charge in [-0.3, -0.25) is 4.98 Å². The molecule has 0 aliphatic carbocycles. The van der Waals surface area contributed by atoms with Crippen LogP contribution in [0.1, 0.15) is 32.2 Å². The Balaban J connectivity index is 1.99. The summed E-state index contributed by atoms with van der Waals surface area (Å²) in [5.41, 5.74) is -1.42. The fraction of sp³-hybridized carbons (Fsp3) is 0.429. The van der Waals surface area contributed by atoms with Crippen LogP contribution >= 0.6 is 0 Å². The van der Waals surface area contributed by atoms with E-state index in [-0.39, 0.29) is 24.0 Å². The van der Waals surface area contributed by atoms with Gasteiger partial charge >= 0.3 is 12.3 Å². The van der Waals surface area contributed by atoms with Crippen LogP contribution in [0.2, 0.25) is 0 Å². The molecule has 0 unspecified atom stereocenters. The number of amides is 1. The van der Waals surface area contributed by atoms with Gasteiger partial charge in [0.25, 0.3) is 5.89 Å². The second kappa shape index (κ2) is 6.46. The molecular formula is C14H15F3N4O3. The number of hydrogen-bond acceptors (Lipinski definition) is 6. The predicted octanol–water partition coefficient (Wildman–Crippen LogP) is 3.18. The summed E-state index contributed by atoms with van der Waals surface area (Å²) >= 11 is 0. The van der Waals surface area contributed by atoms with Crippen molar-refractivity contribution in [2.24, 2.45) is 0 Å². The molecular weight excluding hydrogens is 329 g/mol. The maximum absolute atomic E-state index is 12.5. The van der Waals surface area contributed by atoms with Crippen LogP contribution in [0.3, 0.4) is 0 Å². The maximum Gasteiger partial charge on any atom is 0.417 e. The zero-order valence-corrected chi connectivity index (χ0v) is 13.1. The summed E-state index contributed by atoms with van der Waals surface area (Å²) in [5.74, 6) is 0.0854. The van der Waals surface area contributed by atoms with E-state index in [0.717, 1.165) is 12.1 Å². The van der Waals surface area contributed by atoms with Gasteiger partial charge in [-0.25, -0.2) is 4.79 Å². The van der Waals surface area contributed by atoms with Crippen LogP contribution in [0.15, 0.2) is 22.9 Å². The molecule has 0 spiro atoms. The van der Waals surface area contributed by atoms with Crippen LogP contribution in [0.25, 0.3) is 11.6 Å². The molecule has 10 heteroatoms. The van der Waals surface area contributed by atoms with Gasteiger partial charge in [-0.15, -0.1) is 0 Å². The number of aromatic nitrogens is 3. The molecule has 130 valence electrons. The Morgan fingerprint density at radius 3 is 2.54 bits per heavy atom. The van der Waals surface area contributed by atoms with Gasteiger partial charge in [-0.05, 0) is 32.9 Å². The topological polar surface area (TPSA) is 90.1 Å². The van der Waals surface area contributed by atoms with E-state index >= 15 is 0 Å². The lowest BCUT2D eigenvalue weighted by Gasteiger charge is -2.19. The molecule has 1 amide bonds. The Hall–Kier alpha value is -2.65. The molecule has 2 aromatic rings. The highest BCUT2D eigenvalue weighted by molar-refractivity contribution is 5.67. The Kier molecular flexibility index (Phi) is 4.76. The van der Waals surface area contributed by atoms with Gasteiger partial charge in [-0.2, -0.15) is 18.2 Å². The molecule has 1 N–H and O–H groups in total. The van der Waals surface area contributed by atoms with Crippen LogP contribution in [-0.2, 0) is 17.5 Å². The van der Waals surface area contributed by atoms with Gasteiger partial charge < -0.3 is 14.6 Å². The zero-order valence-electron chi connectivity index (χ0n) is 13.1. The lowest BCUT2D eigenvalue weighted by Crippen LogP contribution is -2.32. The average Bonchev–Trinajstić information content (AvgIpc) is 2.91. The molecule has 0 saturated carbocycles. The highest BCUT2D eigenvalue weighted by Crippen LogP contribution is 2.29. The minimum absolute atomic E-state index is 0.0512. The first kappa shape index (κ1) is 17.7. The van der Waals surface area contributed by atoms with Crippen molar-refractivity contribution >= 4 is 6.09 Å². The van der Waals surface area contributed by atoms with Crippen LogP contribution in [0, 0.1) is 0 Å². The second-order valence-electron chi connectivity index (χ2n) is 5.80. The number of nitrogens with zero attached hydrogens (tertiary/aromatic N) is 3. The summed E-state index contributed by atoms with van der Waals surface area (Å²) in [6.45, 7) is 5.10. The molecule has 0 atom stereocenters. The van der Waals surface area contributed by atoms with Gasteiger partial charge in [0.1, 0.15) is 11.3 Å². The summed E-state index contributed by atoms with van der Waals surface area (Å²) < 4.78 is 47.4. The van der Waals surface area contributed by atoms with Gasteiger partial charge in [0.2, 0.25) is 0 Å². The van der Waals surface area contributed by atoms with E-state index in [0.29, 0.717) is 6.20 Å². The van der Waals surface area contributed by atoms with Gasteiger partial charge in [0.05, 0.1) is 12.1 Å². The quantitative estimate of drug-likeness (QED) is 0.920. The number of pyridine rings is 1. The van der Waals surface area contributed by atoms with E-state index in [1.807, 2.05) is 0 Å². The maximum atomic E-state index is 12.5. The number of hydrogen-bond donors (Lipinski definition) is 1. The van der Waals surface area contributed by atoms with Gasteiger partial charge in [0, 0.05) is 6.20 Å². The SMILES string of the molecule is CC(C)(C)OC(=O)NCc1noc(-c2ccc(C(F)(F)F)cn2)n1. The van der Waals surface area contributed by atoms with Crippen molar-refractivity contribution in [1.82, 2.24) is 20.4 Å². The highest BCUT2D eigenvalue weighted by atomic mass is 19.4. The van der Waals surface area contributed by atoms with Crippen LogP contribution in [0.5, 0.6) is 0 Å². The van der Waals surface area contributed by atoms with E-state index in [1.165, 1.54) is 0 Å². The van der Waals surface area contributed by atoms with Crippen molar-refractivity contribution < 1.29 is 27.2 Å². The van der Waals surface area contributed by atoms with Crippen molar-refractivity contribution in [2.45, 2.75) is 39.1 Å². The van der Waals surface area contributed by atoms with Crippen molar-refractivity contribution in [3.63, 3.8) is 0 Å². The van der Waals surface area contributed by atoms with Crippen molar-refractivity contribution in [3.05, 3.63) is 29.7 Å². The lowest BCUT2D eigenvalue weighted by molar-refractivity contribution is -0.137. The molecule has 0 radical (unpaired) electrons. The van der Waals surface area contributed by atoms with E-state index in [9.17, 15) is 18.0 Å². The van der Waals surface area contributed by atoms with Gasteiger partial charge in [-0.1, -0.05) is 5.16 Å². The van der Waals surface area contributed by atoms with E-state index in [4.69, 9.17) is 9.26 Å². The first-order chi connectivity index (χ1) is 11.0. The van der Waals surface area contributed by atoms with E-state index in [1.54, 1.807) is 20.8 Å². The minimum Gasteiger partial charge on any atom is -0.444 e. The monoisotopic (exact) mass is 344 g/mol. The fourth-order valence-electron chi connectivity index (χ4n) is 1.58. The first-order valence-electron chi connectivity index (χ1n) is 6.88. The molecule has 24 heavy (non-hydrogen) atoms. The molecule has 0 saturated heterocycles. The van der Waals surface area contributed by atoms with E-state index < -0.39 is 23.4 Å².